The number of carbonyl (C=O) groups is 2. The number of benzene rings is 1. The molecule has 0 fully saturated rings. The van der Waals surface area contributed by atoms with Gasteiger partial charge in [0.05, 0.1) is 16.8 Å². The van der Waals surface area contributed by atoms with E-state index in [-0.39, 0.29) is 24.2 Å². The van der Waals surface area contributed by atoms with Gasteiger partial charge in [-0.3, -0.25) is 9.59 Å². The van der Waals surface area contributed by atoms with Crippen molar-refractivity contribution in [1.29, 1.82) is 0 Å². The fourth-order valence-corrected chi connectivity index (χ4v) is 1.37. The van der Waals surface area contributed by atoms with Gasteiger partial charge in [0.1, 0.15) is 6.61 Å². The number of primary amides is 1. The maximum absolute atomic E-state index is 11.5. The molecule has 0 unspecified atom stereocenters. The standard InChI is InChI=1S/C12H15ClN2O3/c1-7(2)18-6-11(16)15-10-5-8(12(14)17)3-4-9(10)13/h3-5,7H,6H2,1-2H3,(H2,14,17)(H,15,16). The number of nitrogens with one attached hydrogen (secondary N) is 1. The molecule has 1 rings (SSSR count). The fourth-order valence-electron chi connectivity index (χ4n) is 1.20. The Morgan fingerprint density at radius 1 is 1.44 bits per heavy atom. The van der Waals surface area contributed by atoms with Gasteiger partial charge in [-0.05, 0) is 32.0 Å². The van der Waals surface area contributed by atoms with Crippen LogP contribution in [0.1, 0.15) is 24.2 Å². The molecule has 0 radical (unpaired) electrons. The maximum Gasteiger partial charge on any atom is 0.250 e. The molecule has 5 nitrogen and oxygen atoms in total. The quantitative estimate of drug-likeness (QED) is 0.856. The van der Waals surface area contributed by atoms with Crippen molar-refractivity contribution < 1.29 is 14.3 Å². The van der Waals surface area contributed by atoms with Crippen molar-refractivity contribution in [3.8, 4) is 0 Å². The lowest BCUT2D eigenvalue weighted by Crippen LogP contribution is -2.21. The summed E-state index contributed by atoms with van der Waals surface area (Å²) in [5.41, 5.74) is 5.76. The number of amides is 2. The Bertz CT molecular complexity index is 461. The Labute approximate surface area is 110 Å². The van der Waals surface area contributed by atoms with Gasteiger partial charge in [-0.15, -0.1) is 0 Å². The number of ether oxygens (including phenoxy) is 1. The minimum atomic E-state index is -0.583. The van der Waals surface area contributed by atoms with Crippen LogP contribution in [-0.4, -0.2) is 24.5 Å². The normalized spacial score (nSPS) is 10.4. The van der Waals surface area contributed by atoms with Crippen LogP contribution < -0.4 is 11.1 Å². The molecular formula is C12H15ClN2O3. The molecular weight excluding hydrogens is 256 g/mol. The van der Waals surface area contributed by atoms with Gasteiger partial charge in [-0.2, -0.15) is 0 Å². The van der Waals surface area contributed by atoms with Crippen molar-refractivity contribution in [3.63, 3.8) is 0 Å². The zero-order valence-electron chi connectivity index (χ0n) is 10.2. The average Bonchev–Trinajstić information content (AvgIpc) is 2.29. The summed E-state index contributed by atoms with van der Waals surface area (Å²) >= 11 is 5.90. The zero-order chi connectivity index (χ0) is 13.7. The smallest absolute Gasteiger partial charge is 0.250 e. The third-order valence-electron chi connectivity index (χ3n) is 2.07. The molecule has 98 valence electrons. The number of halogens is 1. The van der Waals surface area contributed by atoms with E-state index in [1.165, 1.54) is 18.2 Å². The van der Waals surface area contributed by atoms with Crippen LogP contribution in [0.15, 0.2) is 18.2 Å². The second-order valence-corrected chi connectivity index (χ2v) is 4.37. The molecule has 3 N–H and O–H groups in total. The van der Waals surface area contributed by atoms with Crippen LogP contribution >= 0.6 is 11.6 Å². The van der Waals surface area contributed by atoms with E-state index in [0.29, 0.717) is 10.7 Å². The van der Waals surface area contributed by atoms with E-state index in [9.17, 15) is 9.59 Å². The van der Waals surface area contributed by atoms with Gasteiger partial charge < -0.3 is 15.8 Å². The topological polar surface area (TPSA) is 81.4 Å². The number of carbonyl (C=O) groups excluding carboxylic acids is 2. The number of hydrogen-bond donors (Lipinski definition) is 2. The number of anilines is 1. The zero-order valence-corrected chi connectivity index (χ0v) is 11.0. The molecule has 0 bridgehead atoms. The molecule has 1 aromatic carbocycles. The second kappa shape index (κ2) is 6.37. The molecule has 0 saturated carbocycles. The van der Waals surface area contributed by atoms with E-state index in [2.05, 4.69) is 5.32 Å². The molecule has 0 aliphatic rings. The fraction of sp³-hybridized carbons (Fsp3) is 0.333. The van der Waals surface area contributed by atoms with Gasteiger partial charge in [-0.1, -0.05) is 11.6 Å². The van der Waals surface area contributed by atoms with Crippen LogP contribution in [0, 0.1) is 0 Å². The Kier molecular flexibility index (Phi) is 5.12. The van der Waals surface area contributed by atoms with Gasteiger partial charge in [0.25, 0.3) is 0 Å². The maximum atomic E-state index is 11.5. The molecule has 0 heterocycles. The van der Waals surface area contributed by atoms with Gasteiger partial charge in [0, 0.05) is 5.56 Å². The third kappa shape index (κ3) is 4.35. The highest BCUT2D eigenvalue weighted by atomic mass is 35.5. The highest BCUT2D eigenvalue weighted by Crippen LogP contribution is 2.22. The third-order valence-corrected chi connectivity index (χ3v) is 2.40. The van der Waals surface area contributed by atoms with Crippen molar-refractivity contribution in [3.05, 3.63) is 28.8 Å². The number of rotatable bonds is 5. The monoisotopic (exact) mass is 270 g/mol. The highest BCUT2D eigenvalue weighted by molar-refractivity contribution is 6.33. The lowest BCUT2D eigenvalue weighted by molar-refractivity contribution is -0.121. The van der Waals surface area contributed by atoms with E-state index in [1.807, 2.05) is 13.8 Å². The molecule has 0 spiro atoms. The predicted octanol–water partition coefficient (Wildman–Crippen LogP) is 1.80. The lowest BCUT2D eigenvalue weighted by Gasteiger charge is -2.10. The summed E-state index contributed by atoms with van der Waals surface area (Å²) in [4.78, 5) is 22.5. The summed E-state index contributed by atoms with van der Waals surface area (Å²) < 4.78 is 5.15. The number of nitrogens with two attached hydrogens (primary N) is 1. The first-order valence-electron chi connectivity index (χ1n) is 5.41. The molecule has 18 heavy (non-hydrogen) atoms. The first-order chi connectivity index (χ1) is 8.40. The van der Waals surface area contributed by atoms with Crippen LogP contribution in [0.2, 0.25) is 5.02 Å². The average molecular weight is 271 g/mol. The van der Waals surface area contributed by atoms with E-state index < -0.39 is 5.91 Å². The van der Waals surface area contributed by atoms with Crippen LogP contribution in [-0.2, 0) is 9.53 Å². The van der Waals surface area contributed by atoms with E-state index in [1.54, 1.807) is 0 Å². The van der Waals surface area contributed by atoms with Crippen LogP contribution in [0.4, 0.5) is 5.69 Å². The molecule has 6 heteroatoms. The van der Waals surface area contributed by atoms with Crippen molar-refractivity contribution in [2.75, 3.05) is 11.9 Å². The first kappa shape index (κ1) is 14.5. The number of hydrogen-bond acceptors (Lipinski definition) is 3. The van der Waals surface area contributed by atoms with Crippen molar-refractivity contribution in [2.45, 2.75) is 20.0 Å². The molecule has 0 aliphatic heterocycles. The summed E-state index contributed by atoms with van der Waals surface area (Å²) in [5.74, 6) is -0.923. The van der Waals surface area contributed by atoms with Crippen LogP contribution in [0.3, 0.4) is 0 Å². The van der Waals surface area contributed by atoms with E-state index >= 15 is 0 Å². The van der Waals surface area contributed by atoms with Gasteiger partial charge in [0.15, 0.2) is 0 Å². The lowest BCUT2D eigenvalue weighted by atomic mass is 10.2. The summed E-state index contributed by atoms with van der Waals surface area (Å²) in [6.45, 7) is 3.58. The van der Waals surface area contributed by atoms with E-state index in [4.69, 9.17) is 22.1 Å². The van der Waals surface area contributed by atoms with Gasteiger partial charge in [0.2, 0.25) is 11.8 Å². The van der Waals surface area contributed by atoms with Crippen molar-refractivity contribution in [2.24, 2.45) is 5.73 Å². The highest BCUT2D eigenvalue weighted by Gasteiger charge is 2.09. The van der Waals surface area contributed by atoms with Crippen LogP contribution in [0.5, 0.6) is 0 Å². The summed E-state index contributed by atoms with van der Waals surface area (Å²) in [6.07, 6.45) is -0.0387. The van der Waals surface area contributed by atoms with Gasteiger partial charge in [-0.25, -0.2) is 0 Å². The molecule has 0 aliphatic carbocycles. The Balaban J connectivity index is 2.74. The largest absolute Gasteiger partial charge is 0.369 e. The van der Waals surface area contributed by atoms with E-state index in [0.717, 1.165) is 0 Å². The summed E-state index contributed by atoms with van der Waals surface area (Å²) in [5, 5.41) is 2.89. The molecule has 0 atom stereocenters. The summed E-state index contributed by atoms with van der Waals surface area (Å²) in [7, 11) is 0. The predicted molar refractivity (Wildman–Crippen MR) is 69.7 cm³/mol. The minimum absolute atomic E-state index is 0.0387. The Morgan fingerprint density at radius 3 is 2.67 bits per heavy atom. The van der Waals surface area contributed by atoms with Crippen LogP contribution in [0.25, 0.3) is 0 Å². The molecule has 2 amide bonds. The molecule has 1 aromatic rings. The van der Waals surface area contributed by atoms with Crippen molar-refractivity contribution in [1.82, 2.24) is 0 Å². The first-order valence-corrected chi connectivity index (χ1v) is 5.78. The Morgan fingerprint density at radius 2 is 2.11 bits per heavy atom. The SMILES string of the molecule is CC(C)OCC(=O)Nc1cc(C(N)=O)ccc1Cl. The second-order valence-electron chi connectivity index (χ2n) is 3.97. The van der Waals surface area contributed by atoms with Crippen molar-refractivity contribution >= 4 is 29.1 Å². The minimum Gasteiger partial charge on any atom is -0.369 e. The molecule has 0 saturated heterocycles. The van der Waals surface area contributed by atoms with Gasteiger partial charge >= 0.3 is 0 Å². The molecule has 0 aromatic heterocycles. The summed E-state index contributed by atoms with van der Waals surface area (Å²) in [6, 6.07) is 4.42. The Hall–Kier alpha value is -1.59.